The van der Waals surface area contributed by atoms with Crippen molar-refractivity contribution in [2.24, 2.45) is 0 Å². The first-order chi connectivity index (χ1) is 26.0. The van der Waals surface area contributed by atoms with E-state index in [9.17, 15) is 0 Å². The van der Waals surface area contributed by atoms with Gasteiger partial charge in [0.05, 0.1) is 0 Å². The molecule has 0 heteroatoms. The van der Waals surface area contributed by atoms with E-state index in [4.69, 9.17) is 0 Å². The zero-order chi connectivity index (χ0) is 35.3. The lowest BCUT2D eigenvalue weighted by Crippen LogP contribution is -2.15. The van der Waals surface area contributed by atoms with E-state index in [1.54, 1.807) is 0 Å². The van der Waals surface area contributed by atoms with Gasteiger partial charge in [-0.25, -0.2) is 0 Å². The minimum absolute atomic E-state index is 0.150. The molecule has 0 radical (unpaired) electrons. The van der Waals surface area contributed by atoms with Crippen LogP contribution in [0.2, 0.25) is 0 Å². The SMILES string of the molecule is CC1(C)c2cc(-c3cccc4c(-c5cc6ccccc6c6ccccc56)cccc34)ccc2-c2ccc(-c3cc4ccccc4c4ccccc34)cc21. The third kappa shape index (κ3) is 4.42. The molecular weight excluding hydrogens is 637 g/mol. The molecule has 0 heterocycles. The van der Waals surface area contributed by atoms with Crippen molar-refractivity contribution < 1.29 is 0 Å². The zero-order valence-electron chi connectivity index (χ0n) is 29.8. The molecule has 0 aliphatic heterocycles. The molecular formula is C53H36. The van der Waals surface area contributed by atoms with Crippen LogP contribution >= 0.6 is 0 Å². The number of fused-ring (bicyclic) bond motifs is 10. The average molecular weight is 673 g/mol. The van der Waals surface area contributed by atoms with Crippen molar-refractivity contribution in [1.82, 2.24) is 0 Å². The summed E-state index contributed by atoms with van der Waals surface area (Å²) in [4.78, 5) is 0. The first-order valence-corrected chi connectivity index (χ1v) is 18.7. The molecule has 1 aliphatic carbocycles. The van der Waals surface area contributed by atoms with E-state index in [0.29, 0.717) is 0 Å². The summed E-state index contributed by atoms with van der Waals surface area (Å²) in [6.07, 6.45) is 0. The molecule has 0 atom stereocenters. The molecule has 0 nitrogen and oxygen atoms in total. The average Bonchev–Trinajstić information content (AvgIpc) is 3.44. The first kappa shape index (κ1) is 30.2. The molecule has 0 bridgehead atoms. The zero-order valence-corrected chi connectivity index (χ0v) is 29.8. The van der Waals surface area contributed by atoms with Crippen LogP contribution in [0.3, 0.4) is 0 Å². The smallest absolute Gasteiger partial charge is 0.0159 e. The maximum absolute atomic E-state index is 2.47. The highest BCUT2D eigenvalue weighted by Gasteiger charge is 2.36. The summed E-state index contributed by atoms with van der Waals surface area (Å²) < 4.78 is 0. The topological polar surface area (TPSA) is 0 Å². The lowest BCUT2D eigenvalue weighted by Gasteiger charge is -2.23. The predicted molar refractivity (Wildman–Crippen MR) is 228 cm³/mol. The van der Waals surface area contributed by atoms with Gasteiger partial charge in [0.1, 0.15) is 0 Å². The highest BCUT2D eigenvalue weighted by Crippen LogP contribution is 2.52. The van der Waals surface area contributed by atoms with Crippen LogP contribution in [-0.2, 0) is 5.41 Å². The Kier molecular flexibility index (Phi) is 6.40. The third-order valence-electron chi connectivity index (χ3n) is 12.0. The van der Waals surface area contributed by atoms with Crippen LogP contribution in [0.25, 0.3) is 98.4 Å². The summed E-state index contributed by atoms with van der Waals surface area (Å²) in [6.45, 7) is 4.80. The van der Waals surface area contributed by atoms with Gasteiger partial charge < -0.3 is 0 Å². The Morgan fingerprint density at radius 1 is 0.264 bits per heavy atom. The van der Waals surface area contributed by atoms with Crippen LogP contribution in [0, 0.1) is 0 Å². The van der Waals surface area contributed by atoms with E-state index in [0.717, 1.165) is 0 Å². The van der Waals surface area contributed by atoms with Gasteiger partial charge in [-0.05, 0) is 134 Å². The summed E-state index contributed by atoms with van der Waals surface area (Å²) in [5.74, 6) is 0. The lowest BCUT2D eigenvalue weighted by atomic mass is 9.80. The highest BCUT2D eigenvalue weighted by atomic mass is 14.4. The Bertz CT molecular complexity index is 3140. The summed E-state index contributed by atoms with van der Waals surface area (Å²) in [5.41, 5.74) is 13.0. The highest BCUT2D eigenvalue weighted by molar-refractivity contribution is 6.17. The number of hydrogen-bond acceptors (Lipinski definition) is 0. The molecule has 53 heavy (non-hydrogen) atoms. The molecule has 11 rings (SSSR count). The second kappa shape index (κ2) is 11.2. The second-order valence-electron chi connectivity index (χ2n) is 15.2. The van der Waals surface area contributed by atoms with Crippen molar-refractivity contribution in [2.75, 3.05) is 0 Å². The second-order valence-corrected chi connectivity index (χ2v) is 15.2. The van der Waals surface area contributed by atoms with Crippen LogP contribution in [0.5, 0.6) is 0 Å². The molecule has 248 valence electrons. The van der Waals surface area contributed by atoms with Crippen molar-refractivity contribution >= 4 is 53.9 Å². The van der Waals surface area contributed by atoms with E-state index in [1.807, 2.05) is 0 Å². The maximum atomic E-state index is 2.47. The van der Waals surface area contributed by atoms with Gasteiger partial charge in [-0.3, -0.25) is 0 Å². The lowest BCUT2D eigenvalue weighted by molar-refractivity contribution is 0.661. The fourth-order valence-electron chi connectivity index (χ4n) is 9.44. The van der Waals surface area contributed by atoms with Crippen LogP contribution in [-0.4, -0.2) is 0 Å². The fourth-order valence-corrected chi connectivity index (χ4v) is 9.44. The Morgan fingerprint density at radius 2 is 0.660 bits per heavy atom. The van der Waals surface area contributed by atoms with E-state index >= 15 is 0 Å². The molecule has 0 fully saturated rings. The van der Waals surface area contributed by atoms with Crippen LogP contribution < -0.4 is 0 Å². The molecule has 0 N–H and O–H groups in total. The molecule has 0 spiro atoms. The van der Waals surface area contributed by atoms with Gasteiger partial charge >= 0.3 is 0 Å². The van der Waals surface area contributed by atoms with E-state index in [1.165, 1.54) is 109 Å². The van der Waals surface area contributed by atoms with Crippen LogP contribution in [0.4, 0.5) is 0 Å². The number of hydrogen-bond donors (Lipinski definition) is 0. The molecule has 0 saturated heterocycles. The Hall–Kier alpha value is -6.50. The molecule has 0 unspecified atom stereocenters. The molecule has 0 saturated carbocycles. The summed E-state index contributed by atoms with van der Waals surface area (Å²) >= 11 is 0. The summed E-state index contributed by atoms with van der Waals surface area (Å²) in [7, 11) is 0. The van der Waals surface area contributed by atoms with Crippen molar-refractivity contribution in [3.05, 3.63) is 193 Å². The van der Waals surface area contributed by atoms with Gasteiger partial charge in [0.2, 0.25) is 0 Å². The van der Waals surface area contributed by atoms with Crippen molar-refractivity contribution in [3.8, 4) is 44.5 Å². The minimum atomic E-state index is -0.150. The Balaban J connectivity index is 1.04. The molecule has 10 aromatic carbocycles. The van der Waals surface area contributed by atoms with Crippen LogP contribution in [0.1, 0.15) is 25.0 Å². The Morgan fingerprint density at radius 3 is 1.25 bits per heavy atom. The number of rotatable bonds is 3. The van der Waals surface area contributed by atoms with Gasteiger partial charge in [0.25, 0.3) is 0 Å². The maximum Gasteiger partial charge on any atom is 0.0159 e. The van der Waals surface area contributed by atoms with Gasteiger partial charge in [0.15, 0.2) is 0 Å². The van der Waals surface area contributed by atoms with Gasteiger partial charge in [-0.15, -0.1) is 0 Å². The third-order valence-corrected chi connectivity index (χ3v) is 12.0. The molecule has 0 aromatic heterocycles. The molecule has 10 aromatic rings. The predicted octanol–water partition coefficient (Wildman–Crippen LogP) is 14.8. The van der Waals surface area contributed by atoms with Gasteiger partial charge in [-0.1, -0.05) is 172 Å². The van der Waals surface area contributed by atoms with Crippen molar-refractivity contribution in [1.29, 1.82) is 0 Å². The van der Waals surface area contributed by atoms with Crippen LogP contribution in [0.15, 0.2) is 182 Å². The monoisotopic (exact) mass is 672 g/mol. The van der Waals surface area contributed by atoms with Crippen molar-refractivity contribution in [3.63, 3.8) is 0 Å². The number of benzene rings is 10. The quantitative estimate of drug-likeness (QED) is 0.164. The fraction of sp³-hybridized carbons (Fsp3) is 0.0566. The summed E-state index contributed by atoms with van der Waals surface area (Å²) in [6, 6.07) is 67.9. The normalized spacial score (nSPS) is 13.2. The van der Waals surface area contributed by atoms with E-state index in [2.05, 4.69) is 196 Å². The molecule has 1 aliphatic rings. The standard InChI is InChI=1S/C53H36/c1-53(2)51-31-35(25-27-47(51)48-28-26-36(32-52(48)53)49-29-33-13-3-5-15-37(33)40-17-7-9-19-44(40)49)39-21-11-23-43-42(39)22-12-24-46(43)50-30-34-14-4-6-16-38(34)41-18-8-10-20-45(41)50/h3-32H,1-2H3. The van der Waals surface area contributed by atoms with Gasteiger partial charge in [-0.2, -0.15) is 0 Å². The Labute approximate surface area is 309 Å². The van der Waals surface area contributed by atoms with Crippen molar-refractivity contribution in [2.45, 2.75) is 19.3 Å². The van der Waals surface area contributed by atoms with Gasteiger partial charge in [0, 0.05) is 5.41 Å². The first-order valence-electron chi connectivity index (χ1n) is 18.7. The minimum Gasteiger partial charge on any atom is -0.0616 e. The van der Waals surface area contributed by atoms with E-state index in [-0.39, 0.29) is 5.41 Å². The van der Waals surface area contributed by atoms with E-state index < -0.39 is 0 Å². The largest absolute Gasteiger partial charge is 0.0616 e. The molecule has 0 amide bonds. The summed E-state index contributed by atoms with van der Waals surface area (Å²) in [5, 5.41) is 12.9.